The van der Waals surface area contributed by atoms with Crippen LogP contribution in [0.25, 0.3) is 10.9 Å². The first-order chi connectivity index (χ1) is 12.1. The Labute approximate surface area is 159 Å². The van der Waals surface area contributed by atoms with E-state index in [1.807, 2.05) is 13.8 Å². The Balaban J connectivity index is 0.00000109. The van der Waals surface area contributed by atoms with E-state index in [2.05, 4.69) is 37.5 Å². The van der Waals surface area contributed by atoms with Crippen LogP contribution in [0.15, 0.2) is 40.9 Å². The Morgan fingerprint density at radius 1 is 1.28 bits per heavy atom. The number of halogens is 2. The summed E-state index contributed by atoms with van der Waals surface area (Å²) < 4.78 is 0.725. The number of benzene rings is 2. The standard InChI is InChI=1S/C16H10BrClN4O.C2H6/c17-12-6-5-11-14(13(12)18)21-22-15(11)16(23)20-8-10-3-1-9(7-19)2-4-10;1-2/h1-6H,8H2,(H,20,23)(H,21,22);1-2H3. The van der Waals surface area contributed by atoms with Gasteiger partial charge in [0.25, 0.3) is 5.91 Å². The highest BCUT2D eigenvalue weighted by molar-refractivity contribution is 9.10. The van der Waals surface area contributed by atoms with Crippen molar-refractivity contribution >= 4 is 44.3 Å². The molecule has 0 saturated carbocycles. The average Bonchev–Trinajstić information content (AvgIpc) is 3.09. The van der Waals surface area contributed by atoms with Gasteiger partial charge in [-0.1, -0.05) is 37.6 Å². The molecular formula is C18H16BrClN4O. The number of carbonyl (C=O) groups excluding carboxylic acids is 1. The van der Waals surface area contributed by atoms with Crippen LogP contribution in [0, 0.1) is 11.3 Å². The lowest BCUT2D eigenvalue weighted by Crippen LogP contribution is -2.23. The van der Waals surface area contributed by atoms with Crippen LogP contribution in [0.4, 0.5) is 0 Å². The lowest BCUT2D eigenvalue weighted by Gasteiger charge is -2.04. The van der Waals surface area contributed by atoms with E-state index >= 15 is 0 Å². The topological polar surface area (TPSA) is 81.6 Å². The van der Waals surface area contributed by atoms with Gasteiger partial charge in [0, 0.05) is 16.4 Å². The highest BCUT2D eigenvalue weighted by atomic mass is 79.9. The van der Waals surface area contributed by atoms with E-state index in [4.69, 9.17) is 16.9 Å². The molecule has 0 bridgehead atoms. The Hall–Kier alpha value is -2.36. The summed E-state index contributed by atoms with van der Waals surface area (Å²) in [4.78, 5) is 12.3. The van der Waals surface area contributed by atoms with Gasteiger partial charge in [-0.2, -0.15) is 10.4 Å². The number of nitriles is 1. The normalized spacial score (nSPS) is 9.88. The molecule has 1 aromatic heterocycles. The second-order valence-corrected chi connectivity index (χ2v) is 6.08. The fourth-order valence-electron chi connectivity index (χ4n) is 2.16. The molecule has 0 saturated heterocycles. The molecule has 3 aromatic rings. The summed E-state index contributed by atoms with van der Waals surface area (Å²) in [5.74, 6) is -0.268. The van der Waals surface area contributed by atoms with Crippen LogP contribution in [0.3, 0.4) is 0 Å². The van der Waals surface area contributed by atoms with Crippen molar-refractivity contribution in [2.75, 3.05) is 0 Å². The highest BCUT2D eigenvalue weighted by Gasteiger charge is 2.16. The van der Waals surface area contributed by atoms with Crippen molar-refractivity contribution < 1.29 is 4.79 Å². The van der Waals surface area contributed by atoms with Gasteiger partial charge in [-0.15, -0.1) is 0 Å². The summed E-state index contributed by atoms with van der Waals surface area (Å²) in [7, 11) is 0. The van der Waals surface area contributed by atoms with E-state index in [1.165, 1.54) is 0 Å². The molecule has 0 atom stereocenters. The van der Waals surface area contributed by atoms with Gasteiger partial charge in [0.15, 0.2) is 0 Å². The molecule has 7 heteroatoms. The third-order valence-electron chi connectivity index (χ3n) is 3.38. The Morgan fingerprint density at radius 2 is 1.96 bits per heavy atom. The van der Waals surface area contributed by atoms with Crippen molar-refractivity contribution in [2.45, 2.75) is 20.4 Å². The number of hydrogen-bond donors (Lipinski definition) is 2. The van der Waals surface area contributed by atoms with Crippen LogP contribution in [0.5, 0.6) is 0 Å². The maximum Gasteiger partial charge on any atom is 0.270 e. The molecule has 1 heterocycles. The summed E-state index contributed by atoms with van der Waals surface area (Å²) in [5, 5.41) is 19.5. The lowest BCUT2D eigenvalue weighted by molar-refractivity contribution is 0.0947. The largest absolute Gasteiger partial charge is 0.347 e. The van der Waals surface area contributed by atoms with Crippen LogP contribution in [0.2, 0.25) is 5.02 Å². The molecule has 0 aliphatic carbocycles. The first-order valence-corrected chi connectivity index (χ1v) is 8.86. The second kappa shape index (κ2) is 8.65. The molecule has 128 valence electrons. The first kappa shape index (κ1) is 19.0. The molecule has 0 aliphatic heterocycles. The van der Waals surface area contributed by atoms with Crippen LogP contribution >= 0.6 is 27.5 Å². The number of hydrogen-bond acceptors (Lipinski definition) is 3. The van der Waals surface area contributed by atoms with Gasteiger partial charge >= 0.3 is 0 Å². The van der Waals surface area contributed by atoms with E-state index in [1.54, 1.807) is 36.4 Å². The molecule has 0 spiro atoms. The first-order valence-electron chi connectivity index (χ1n) is 7.69. The molecule has 0 aliphatic rings. The van der Waals surface area contributed by atoms with E-state index in [9.17, 15) is 4.79 Å². The minimum absolute atomic E-state index is 0.268. The van der Waals surface area contributed by atoms with E-state index < -0.39 is 0 Å². The zero-order valence-electron chi connectivity index (χ0n) is 13.7. The maximum absolute atomic E-state index is 12.3. The van der Waals surface area contributed by atoms with Gasteiger partial charge in [-0.05, 0) is 45.8 Å². The van der Waals surface area contributed by atoms with Crippen molar-refractivity contribution in [1.29, 1.82) is 5.26 Å². The predicted octanol–water partition coefficient (Wildman–Crippen LogP) is 4.81. The zero-order chi connectivity index (χ0) is 18.4. The predicted molar refractivity (Wildman–Crippen MR) is 102 cm³/mol. The number of H-pyrrole nitrogens is 1. The highest BCUT2D eigenvalue weighted by Crippen LogP contribution is 2.30. The fourth-order valence-corrected chi connectivity index (χ4v) is 2.69. The molecule has 0 fully saturated rings. The van der Waals surface area contributed by atoms with Crippen molar-refractivity contribution in [3.05, 3.63) is 62.7 Å². The van der Waals surface area contributed by atoms with Crippen LogP contribution in [0.1, 0.15) is 35.5 Å². The third-order valence-corrected chi connectivity index (χ3v) is 4.65. The fraction of sp³-hybridized carbons (Fsp3) is 0.167. The van der Waals surface area contributed by atoms with Gasteiger partial charge in [-0.3, -0.25) is 9.89 Å². The van der Waals surface area contributed by atoms with Crippen molar-refractivity contribution in [3.8, 4) is 6.07 Å². The summed E-state index contributed by atoms with van der Waals surface area (Å²) in [6.07, 6.45) is 0. The quantitative estimate of drug-likeness (QED) is 0.639. The van der Waals surface area contributed by atoms with Crippen LogP contribution < -0.4 is 5.32 Å². The molecule has 2 N–H and O–H groups in total. The summed E-state index contributed by atoms with van der Waals surface area (Å²) >= 11 is 9.48. The number of aromatic amines is 1. The number of aromatic nitrogens is 2. The number of rotatable bonds is 3. The summed E-state index contributed by atoms with van der Waals surface area (Å²) in [6, 6.07) is 12.6. The molecule has 1 amide bonds. The van der Waals surface area contributed by atoms with Crippen LogP contribution in [-0.2, 0) is 6.54 Å². The smallest absolute Gasteiger partial charge is 0.270 e. The van der Waals surface area contributed by atoms with Gasteiger partial charge in [0.1, 0.15) is 11.2 Å². The molecule has 25 heavy (non-hydrogen) atoms. The Kier molecular flexibility index (Phi) is 6.57. The molecule has 5 nitrogen and oxygen atoms in total. The number of fused-ring (bicyclic) bond motifs is 1. The molecular weight excluding hydrogens is 404 g/mol. The minimum Gasteiger partial charge on any atom is -0.347 e. The van der Waals surface area contributed by atoms with Crippen molar-refractivity contribution in [3.63, 3.8) is 0 Å². The monoisotopic (exact) mass is 418 g/mol. The van der Waals surface area contributed by atoms with Crippen molar-refractivity contribution in [2.24, 2.45) is 0 Å². The van der Waals surface area contributed by atoms with E-state index in [-0.39, 0.29) is 5.91 Å². The SMILES string of the molecule is CC.N#Cc1ccc(CNC(=O)c2[nH]nc3c(Cl)c(Br)ccc23)cc1. The molecule has 0 unspecified atom stereocenters. The number of nitrogens with one attached hydrogen (secondary N) is 2. The molecule has 3 rings (SSSR count). The number of amides is 1. The third kappa shape index (κ3) is 4.19. The summed E-state index contributed by atoms with van der Waals surface area (Å²) in [6.45, 7) is 4.36. The van der Waals surface area contributed by atoms with E-state index in [0.717, 1.165) is 10.0 Å². The van der Waals surface area contributed by atoms with E-state index in [0.29, 0.717) is 33.7 Å². The maximum atomic E-state index is 12.3. The van der Waals surface area contributed by atoms with Gasteiger partial charge in [0.2, 0.25) is 0 Å². The van der Waals surface area contributed by atoms with Gasteiger partial charge in [-0.25, -0.2) is 0 Å². The van der Waals surface area contributed by atoms with Gasteiger partial charge < -0.3 is 5.32 Å². The number of carbonyl (C=O) groups is 1. The van der Waals surface area contributed by atoms with Crippen molar-refractivity contribution in [1.82, 2.24) is 15.5 Å². The Bertz CT molecular complexity index is 929. The summed E-state index contributed by atoms with van der Waals surface area (Å²) in [5.41, 5.74) is 2.40. The lowest BCUT2D eigenvalue weighted by atomic mass is 10.1. The van der Waals surface area contributed by atoms with Gasteiger partial charge in [0.05, 0.1) is 16.7 Å². The molecule has 2 aromatic carbocycles. The zero-order valence-corrected chi connectivity index (χ0v) is 16.1. The average molecular weight is 420 g/mol. The second-order valence-electron chi connectivity index (χ2n) is 4.85. The van der Waals surface area contributed by atoms with Crippen LogP contribution in [-0.4, -0.2) is 16.1 Å². The molecule has 0 radical (unpaired) electrons. The number of nitrogens with zero attached hydrogens (tertiary/aromatic N) is 2. The Morgan fingerprint density at radius 3 is 2.60 bits per heavy atom. The minimum atomic E-state index is -0.268.